The van der Waals surface area contributed by atoms with Gasteiger partial charge in [0.2, 0.25) is 5.95 Å². The van der Waals surface area contributed by atoms with Crippen molar-refractivity contribution in [1.29, 1.82) is 0 Å². The predicted octanol–water partition coefficient (Wildman–Crippen LogP) is 1.88. The Morgan fingerprint density at radius 2 is 1.77 bits per heavy atom. The molecule has 0 aliphatic carbocycles. The number of carbonyl (C=O) groups is 1. The van der Waals surface area contributed by atoms with Crippen LogP contribution in [0.15, 0.2) is 30.3 Å². The molecule has 2 saturated heterocycles. The van der Waals surface area contributed by atoms with Gasteiger partial charge >= 0.3 is 0 Å². The molecule has 1 atom stereocenters. The summed E-state index contributed by atoms with van der Waals surface area (Å²) in [5.74, 6) is 1.06. The smallest absolute Gasteiger partial charge is 0.263 e. The van der Waals surface area contributed by atoms with E-state index in [2.05, 4.69) is 14.8 Å². The van der Waals surface area contributed by atoms with Gasteiger partial charge in [-0.3, -0.25) is 4.79 Å². The molecule has 3 heterocycles. The third kappa shape index (κ3) is 5.04. The average molecular weight is 429 g/mol. The van der Waals surface area contributed by atoms with Gasteiger partial charge < -0.3 is 24.2 Å². The maximum atomic E-state index is 13.8. The first-order chi connectivity index (χ1) is 15.0. The summed E-state index contributed by atoms with van der Waals surface area (Å²) in [6.45, 7) is 8.99. The summed E-state index contributed by atoms with van der Waals surface area (Å²) in [5, 5.41) is 0. The van der Waals surface area contributed by atoms with Crippen LogP contribution in [0, 0.1) is 12.7 Å². The van der Waals surface area contributed by atoms with Crippen LogP contribution in [0.5, 0.6) is 5.75 Å². The SMILES string of the molecule is Cc1cc(N2CCOCC2)nc(N2CCN(C(=O)C(C)Oc3ccccc3F)CC2)n1. The maximum absolute atomic E-state index is 13.8. The topological polar surface area (TPSA) is 71.0 Å². The first-order valence-corrected chi connectivity index (χ1v) is 10.6. The molecule has 1 aromatic carbocycles. The molecule has 2 aromatic rings. The maximum Gasteiger partial charge on any atom is 0.263 e. The number of hydrogen-bond acceptors (Lipinski definition) is 7. The molecule has 1 unspecified atom stereocenters. The largest absolute Gasteiger partial charge is 0.478 e. The van der Waals surface area contributed by atoms with E-state index in [0.717, 1.165) is 24.6 Å². The minimum absolute atomic E-state index is 0.0887. The highest BCUT2D eigenvalue weighted by atomic mass is 19.1. The molecule has 166 valence electrons. The van der Waals surface area contributed by atoms with Crippen molar-refractivity contribution in [2.24, 2.45) is 0 Å². The number of halogens is 1. The summed E-state index contributed by atoms with van der Waals surface area (Å²) in [5.41, 5.74) is 0.914. The van der Waals surface area contributed by atoms with E-state index >= 15 is 0 Å². The van der Waals surface area contributed by atoms with Gasteiger partial charge in [0.1, 0.15) is 5.82 Å². The molecule has 31 heavy (non-hydrogen) atoms. The normalized spacial score (nSPS) is 18.1. The van der Waals surface area contributed by atoms with Crippen LogP contribution in [-0.4, -0.2) is 79.4 Å². The lowest BCUT2D eigenvalue weighted by molar-refractivity contribution is -0.138. The van der Waals surface area contributed by atoms with Crippen LogP contribution in [0.2, 0.25) is 0 Å². The van der Waals surface area contributed by atoms with Crippen LogP contribution in [0.25, 0.3) is 0 Å². The minimum Gasteiger partial charge on any atom is -0.478 e. The first kappa shape index (κ1) is 21.3. The van der Waals surface area contributed by atoms with Crippen molar-refractivity contribution in [1.82, 2.24) is 14.9 Å². The van der Waals surface area contributed by atoms with Gasteiger partial charge in [-0.15, -0.1) is 0 Å². The Morgan fingerprint density at radius 3 is 2.48 bits per heavy atom. The zero-order valence-electron chi connectivity index (χ0n) is 18.0. The first-order valence-electron chi connectivity index (χ1n) is 10.6. The van der Waals surface area contributed by atoms with Gasteiger partial charge in [-0.25, -0.2) is 9.37 Å². The number of para-hydroxylation sites is 1. The number of hydrogen-bond donors (Lipinski definition) is 0. The highest BCUT2D eigenvalue weighted by Gasteiger charge is 2.28. The Kier molecular flexibility index (Phi) is 6.50. The molecule has 9 heteroatoms. The third-order valence-electron chi connectivity index (χ3n) is 5.53. The van der Waals surface area contributed by atoms with Gasteiger partial charge in [0.15, 0.2) is 17.7 Å². The summed E-state index contributed by atoms with van der Waals surface area (Å²) in [6.07, 6.45) is -0.758. The number of anilines is 2. The minimum atomic E-state index is -0.758. The highest BCUT2D eigenvalue weighted by molar-refractivity contribution is 5.81. The summed E-state index contributed by atoms with van der Waals surface area (Å²) < 4.78 is 24.8. The van der Waals surface area contributed by atoms with E-state index in [0.29, 0.717) is 45.3 Å². The number of carbonyl (C=O) groups excluding carboxylic acids is 1. The Bertz CT molecular complexity index is 914. The number of ether oxygens (including phenoxy) is 2. The number of nitrogens with zero attached hydrogens (tertiary/aromatic N) is 5. The lowest BCUT2D eigenvalue weighted by Gasteiger charge is -2.36. The fourth-order valence-corrected chi connectivity index (χ4v) is 3.80. The van der Waals surface area contributed by atoms with E-state index in [9.17, 15) is 9.18 Å². The Morgan fingerprint density at radius 1 is 1.06 bits per heavy atom. The third-order valence-corrected chi connectivity index (χ3v) is 5.53. The second kappa shape index (κ2) is 9.47. The molecule has 1 aromatic heterocycles. The van der Waals surface area contributed by atoms with Gasteiger partial charge in [-0.2, -0.15) is 4.98 Å². The van der Waals surface area contributed by atoms with Gasteiger partial charge in [0.25, 0.3) is 5.91 Å². The van der Waals surface area contributed by atoms with Gasteiger partial charge in [-0.1, -0.05) is 12.1 Å². The molecule has 0 saturated carbocycles. The molecule has 2 aliphatic rings. The molecule has 0 spiro atoms. The quantitative estimate of drug-likeness (QED) is 0.719. The molecular formula is C22H28FN5O3. The Labute approximate surface area is 181 Å². The van der Waals surface area contributed by atoms with Crippen molar-refractivity contribution in [2.45, 2.75) is 20.0 Å². The van der Waals surface area contributed by atoms with Crippen LogP contribution >= 0.6 is 0 Å². The molecule has 2 aliphatic heterocycles. The monoisotopic (exact) mass is 429 g/mol. The molecule has 0 bridgehead atoms. The number of benzene rings is 1. The highest BCUT2D eigenvalue weighted by Crippen LogP contribution is 2.21. The number of morpholine rings is 1. The van der Waals surface area contributed by atoms with Crippen LogP contribution in [0.1, 0.15) is 12.6 Å². The fraction of sp³-hybridized carbons (Fsp3) is 0.500. The van der Waals surface area contributed by atoms with Gasteiger partial charge in [-0.05, 0) is 26.0 Å². The van der Waals surface area contributed by atoms with E-state index in [1.165, 1.54) is 12.1 Å². The number of amides is 1. The van der Waals surface area contributed by atoms with E-state index in [-0.39, 0.29) is 11.7 Å². The molecule has 0 N–H and O–H groups in total. The molecule has 8 nitrogen and oxygen atoms in total. The summed E-state index contributed by atoms with van der Waals surface area (Å²) >= 11 is 0. The number of aromatic nitrogens is 2. The van der Waals surface area contributed by atoms with E-state index in [1.54, 1.807) is 24.0 Å². The Balaban J connectivity index is 1.36. The average Bonchev–Trinajstić information content (AvgIpc) is 2.80. The van der Waals surface area contributed by atoms with Crippen LogP contribution < -0.4 is 14.5 Å². The fourth-order valence-electron chi connectivity index (χ4n) is 3.80. The molecule has 2 fully saturated rings. The lowest BCUT2D eigenvalue weighted by Crippen LogP contribution is -2.52. The van der Waals surface area contributed by atoms with Crippen molar-refractivity contribution in [3.8, 4) is 5.75 Å². The summed E-state index contributed by atoms with van der Waals surface area (Å²) in [4.78, 5) is 28.2. The van der Waals surface area contributed by atoms with Crippen molar-refractivity contribution in [3.05, 3.63) is 41.8 Å². The Hall–Kier alpha value is -2.94. The van der Waals surface area contributed by atoms with E-state index in [4.69, 9.17) is 14.5 Å². The van der Waals surface area contributed by atoms with Crippen molar-refractivity contribution in [2.75, 3.05) is 62.3 Å². The van der Waals surface area contributed by atoms with Crippen molar-refractivity contribution in [3.63, 3.8) is 0 Å². The zero-order chi connectivity index (χ0) is 21.8. The summed E-state index contributed by atoms with van der Waals surface area (Å²) in [6, 6.07) is 8.11. The standard InChI is InChI=1S/C22H28FN5O3/c1-16-15-20(26-11-13-30-14-12-26)25-22(24-16)28-9-7-27(8-10-28)21(29)17(2)31-19-6-4-3-5-18(19)23/h3-6,15,17H,7-14H2,1-2H3. The van der Waals surface area contributed by atoms with Crippen molar-refractivity contribution < 1.29 is 18.7 Å². The predicted molar refractivity (Wildman–Crippen MR) is 115 cm³/mol. The number of piperazine rings is 1. The van der Waals surface area contributed by atoms with Crippen LogP contribution in [-0.2, 0) is 9.53 Å². The van der Waals surface area contributed by atoms with Crippen molar-refractivity contribution >= 4 is 17.7 Å². The van der Waals surface area contributed by atoms with Crippen LogP contribution in [0.3, 0.4) is 0 Å². The molecule has 4 rings (SSSR count). The molecule has 0 radical (unpaired) electrons. The lowest BCUT2D eigenvalue weighted by atomic mass is 10.2. The molecular weight excluding hydrogens is 401 g/mol. The second-order valence-electron chi connectivity index (χ2n) is 7.77. The van der Waals surface area contributed by atoms with E-state index in [1.807, 2.05) is 13.0 Å². The number of rotatable bonds is 5. The van der Waals surface area contributed by atoms with E-state index < -0.39 is 11.9 Å². The second-order valence-corrected chi connectivity index (χ2v) is 7.77. The van der Waals surface area contributed by atoms with Gasteiger partial charge in [0.05, 0.1) is 13.2 Å². The van der Waals surface area contributed by atoms with Gasteiger partial charge in [0, 0.05) is 51.0 Å². The molecule has 1 amide bonds. The number of aryl methyl sites for hydroxylation is 1. The zero-order valence-corrected chi connectivity index (χ0v) is 18.0. The summed E-state index contributed by atoms with van der Waals surface area (Å²) in [7, 11) is 0. The van der Waals surface area contributed by atoms with Crippen LogP contribution in [0.4, 0.5) is 16.2 Å².